The minimum absolute atomic E-state index is 0.0297. The number of H-pyrrole nitrogens is 1. The van der Waals surface area contributed by atoms with Gasteiger partial charge in [-0.1, -0.05) is 0 Å². The zero-order valence-corrected chi connectivity index (χ0v) is 11.3. The van der Waals surface area contributed by atoms with E-state index in [1.54, 1.807) is 6.20 Å². The van der Waals surface area contributed by atoms with Gasteiger partial charge in [-0.15, -0.1) is 0 Å². The van der Waals surface area contributed by atoms with Crippen molar-refractivity contribution >= 4 is 27.0 Å². The van der Waals surface area contributed by atoms with Crippen LogP contribution in [0.4, 0.5) is 5.82 Å². The van der Waals surface area contributed by atoms with Gasteiger partial charge in [-0.05, 0) is 12.8 Å². The van der Waals surface area contributed by atoms with E-state index in [0.29, 0.717) is 11.0 Å². The summed E-state index contributed by atoms with van der Waals surface area (Å²) in [5.74, 6) is 0.863. The standard InChI is InChI=1S/C11H14N4O3S/c1-19(16,17)18-11-13-8-6-10(12-7-9(8)14-11)15-4-2-3-5-15/h6-7H,2-5H2,1H3,(H,13,14). The number of pyridine rings is 1. The van der Waals surface area contributed by atoms with Gasteiger partial charge in [-0.2, -0.15) is 13.4 Å². The molecule has 0 unspecified atom stereocenters. The van der Waals surface area contributed by atoms with Gasteiger partial charge >= 0.3 is 16.1 Å². The highest BCUT2D eigenvalue weighted by Gasteiger charge is 2.15. The van der Waals surface area contributed by atoms with E-state index in [0.717, 1.165) is 25.2 Å². The second-order valence-electron chi connectivity index (χ2n) is 4.58. The lowest BCUT2D eigenvalue weighted by Gasteiger charge is -2.15. The molecule has 8 heteroatoms. The fraction of sp³-hybridized carbons (Fsp3) is 0.455. The SMILES string of the molecule is CS(=O)(=O)Oc1nc2cc(N3CCCC3)ncc2[nH]1. The summed E-state index contributed by atoms with van der Waals surface area (Å²) in [5, 5.41) is 0. The van der Waals surface area contributed by atoms with E-state index in [1.165, 1.54) is 12.8 Å². The zero-order valence-electron chi connectivity index (χ0n) is 10.5. The molecule has 0 saturated carbocycles. The van der Waals surface area contributed by atoms with Gasteiger partial charge in [0.1, 0.15) is 5.82 Å². The van der Waals surface area contributed by atoms with Crippen LogP contribution in [0.2, 0.25) is 0 Å². The first-order valence-corrected chi connectivity index (χ1v) is 7.83. The van der Waals surface area contributed by atoms with Gasteiger partial charge in [0.25, 0.3) is 0 Å². The summed E-state index contributed by atoms with van der Waals surface area (Å²) >= 11 is 0. The molecule has 0 amide bonds. The third-order valence-corrected chi connectivity index (χ3v) is 3.45. The molecule has 102 valence electrons. The van der Waals surface area contributed by atoms with Crippen molar-refractivity contribution in [2.24, 2.45) is 0 Å². The summed E-state index contributed by atoms with van der Waals surface area (Å²) in [6.07, 6.45) is 4.96. The monoisotopic (exact) mass is 282 g/mol. The molecule has 0 aliphatic carbocycles. The zero-order chi connectivity index (χ0) is 13.5. The highest BCUT2D eigenvalue weighted by atomic mass is 32.2. The highest BCUT2D eigenvalue weighted by Crippen LogP contribution is 2.23. The summed E-state index contributed by atoms with van der Waals surface area (Å²) in [7, 11) is -3.58. The topological polar surface area (TPSA) is 88.2 Å². The van der Waals surface area contributed by atoms with Crippen LogP contribution in [0.25, 0.3) is 11.0 Å². The Morgan fingerprint density at radius 1 is 1.37 bits per heavy atom. The van der Waals surface area contributed by atoms with Crippen LogP contribution in [-0.2, 0) is 10.1 Å². The summed E-state index contributed by atoms with van der Waals surface area (Å²) < 4.78 is 26.8. The summed E-state index contributed by atoms with van der Waals surface area (Å²) in [6.45, 7) is 1.99. The Labute approximate surface area is 110 Å². The maximum atomic E-state index is 11.0. The van der Waals surface area contributed by atoms with E-state index < -0.39 is 10.1 Å². The first kappa shape index (κ1) is 12.2. The fourth-order valence-corrected chi connectivity index (χ4v) is 2.54. The van der Waals surface area contributed by atoms with Crippen LogP contribution in [-0.4, -0.2) is 42.7 Å². The van der Waals surface area contributed by atoms with Gasteiger partial charge < -0.3 is 14.1 Å². The Bertz CT molecular complexity index is 704. The molecule has 0 spiro atoms. The minimum Gasteiger partial charge on any atom is -0.357 e. The molecular weight excluding hydrogens is 268 g/mol. The third kappa shape index (κ3) is 2.62. The largest absolute Gasteiger partial charge is 0.357 e. The van der Waals surface area contributed by atoms with E-state index in [4.69, 9.17) is 4.18 Å². The van der Waals surface area contributed by atoms with Crippen LogP contribution in [0.15, 0.2) is 12.3 Å². The second-order valence-corrected chi connectivity index (χ2v) is 6.16. The molecule has 1 saturated heterocycles. The number of nitrogens with zero attached hydrogens (tertiary/aromatic N) is 3. The maximum Gasteiger partial charge on any atom is 0.311 e. The van der Waals surface area contributed by atoms with Crippen molar-refractivity contribution in [2.75, 3.05) is 24.2 Å². The van der Waals surface area contributed by atoms with Crippen molar-refractivity contribution in [3.63, 3.8) is 0 Å². The van der Waals surface area contributed by atoms with E-state index in [-0.39, 0.29) is 6.01 Å². The van der Waals surface area contributed by atoms with E-state index in [9.17, 15) is 8.42 Å². The number of nitrogens with one attached hydrogen (secondary N) is 1. The van der Waals surface area contributed by atoms with Gasteiger partial charge in [0.2, 0.25) is 0 Å². The van der Waals surface area contributed by atoms with Gasteiger partial charge in [0.05, 0.1) is 23.5 Å². The fourth-order valence-electron chi connectivity index (χ4n) is 2.18. The lowest BCUT2D eigenvalue weighted by Crippen LogP contribution is -2.18. The van der Waals surface area contributed by atoms with Crippen molar-refractivity contribution in [1.29, 1.82) is 0 Å². The predicted molar refractivity (Wildman–Crippen MR) is 70.8 cm³/mol. The molecule has 7 nitrogen and oxygen atoms in total. The predicted octanol–water partition coefficient (Wildman–Crippen LogP) is 0.896. The van der Waals surface area contributed by atoms with Crippen molar-refractivity contribution in [3.8, 4) is 6.01 Å². The summed E-state index contributed by atoms with van der Waals surface area (Å²) in [4.78, 5) is 13.4. The molecule has 1 fully saturated rings. The number of hydrogen-bond donors (Lipinski definition) is 1. The Morgan fingerprint density at radius 2 is 2.11 bits per heavy atom. The number of fused-ring (bicyclic) bond motifs is 1. The van der Waals surface area contributed by atoms with Crippen LogP contribution in [0.1, 0.15) is 12.8 Å². The van der Waals surface area contributed by atoms with Crippen molar-refractivity contribution in [3.05, 3.63) is 12.3 Å². The molecule has 0 aromatic carbocycles. The molecule has 1 aliphatic rings. The first-order chi connectivity index (χ1) is 9.01. The second kappa shape index (κ2) is 4.37. The van der Waals surface area contributed by atoms with Gasteiger partial charge in [-0.3, -0.25) is 0 Å². The van der Waals surface area contributed by atoms with E-state index >= 15 is 0 Å². The Hall–Kier alpha value is -1.83. The van der Waals surface area contributed by atoms with Crippen LogP contribution < -0.4 is 9.08 Å². The average Bonchev–Trinajstić information content (AvgIpc) is 2.93. The first-order valence-electron chi connectivity index (χ1n) is 6.01. The molecule has 0 bridgehead atoms. The van der Waals surface area contributed by atoms with E-state index in [2.05, 4.69) is 19.9 Å². The molecule has 19 heavy (non-hydrogen) atoms. The molecule has 2 aromatic heterocycles. The van der Waals surface area contributed by atoms with Crippen LogP contribution >= 0.6 is 0 Å². The molecule has 1 aliphatic heterocycles. The van der Waals surface area contributed by atoms with E-state index in [1.807, 2.05) is 6.07 Å². The molecule has 0 radical (unpaired) electrons. The number of aromatic amines is 1. The summed E-state index contributed by atoms with van der Waals surface area (Å²) in [6, 6.07) is 1.81. The lowest BCUT2D eigenvalue weighted by atomic mass is 10.4. The highest BCUT2D eigenvalue weighted by molar-refractivity contribution is 7.86. The number of imidazole rings is 1. The van der Waals surface area contributed by atoms with Gasteiger partial charge in [-0.25, -0.2) is 4.98 Å². The molecule has 2 aromatic rings. The maximum absolute atomic E-state index is 11.0. The normalized spacial score (nSPS) is 16.2. The quantitative estimate of drug-likeness (QED) is 0.841. The Balaban J connectivity index is 1.94. The van der Waals surface area contributed by atoms with Crippen molar-refractivity contribution in [2.45, 2.75) is 12.8 Å². The molecule has 3 rings (SSSR count). The van der Waals surface area contributed by atoms with Crippen LogP contribution in [0, 0.1) is 0 Å². The molecule has 0 atom stereocenters. The van der Waals surface area contributed by atoms with Crippen LogP contribution in [0.3, 0.4) is 0 Å². The smallest absolute Gasteiger partial charge is 0.311 e. The van der Waals surface area contributed by atoms with Crippen LogP contribution in [0.5, 0.6) is 6.01 Å². The number of hydrogen-bond acceptors (Lipinski definition) is 6. The summed E-state index contributed by atoms with van der Waals surface area (Å²) in [5.41, 5.74) is 1.30. The Kier molecular flexibility index (Phi) is 2.81. The lowest BCUT2D eigenvalue weighted by molar-refractivity contribution is 0.475. The third-order valence-electron chi connectivity index (χ3n) is 2.99. The number of aromatic nitrogens is 3. The number of rotatable bonds is 3. The van der Waals surface area contributed by atoms with Gasteiger partial charge in [0.15, 0.2) is 0 Å². The minimum atomic E-state index is -3.58. The number of anilines is 1. The van der Waals surface area contributed by atoms with Gasteiger partial charge in [0, 0.05) is 19.2 Å². The molecule has 1 N–H and O–H groups in total. The van der Waals surface area contributed by atoms with Crippen molar-refractivity contribution < 1.29 is 12.6 Å². The van der Waals surface area contributed by atoms with Crippen molar-refractivity contribution in [1.82, 2.24) is 15.0 Å². The Morgan fingerprint density at radius 3 is 2.79 bits per heavy atom. The molecule has 3 heterocycles. The average molecular weight is 282 g/mol. The molecular formula is C11H14N4O3S.